The molecule has 1 heterocycles. The van der Waals surface area contributed by atoms with Gasteiger partial charge in [-0.25, -0.2) is 0 Å². The Hall–Kier alpha value is -1.31. The van der Waals surface area contributed by atoms with Gasteiger partial charge >= 0.3 is 0 Å². The first-order chi connectivity index (χ1) is 8.16. The zero-order chi connectivity index (χ0) is 12.3. The molecule has 0 aromatic heterocycles. The minimum Gasteiger partial charge on any atom is -0.369 e. The second-order valence-electron chi connectivity index (χ2n) is 5.07. The average molecular weight is 231 g/mol. The molecule has 0 saturated carbocycles. The van der Waals surface area contributed by atoms with E-state index in [1.807, 2.05) is 0 Å². The molecule has 1 aliphatic heterocycles. The molecule has 1 fully saturated rings. The molecule has 1 aromatic carbocycles. The molecule has 0 bridgehead atoms. The van der Waals surface area contributed by atoms with Gasteiger partial charge in [0.15, 0.2) is 0 Å². The van der Waals surface area contributed by atoms with Crippen molar-refractivity contribution in [3.8, 4) is 0 Å². The molecular formula is C15H21NO. The topological polar surface area (TPSA) is 20.3 Å². The molecule has 1 aromatic rings. The van der Waals surface area contributed by atoms with Gasteiger partial charge in [-0.15, -0.1) is 0 Å². The number of aryl methyl sites for hydroxylation is 1. The minimum absolute atomic E-state index is 0.306. The van der Waals surface area contributed by atoms with E-state index in [0.29, 0.717) is 18.2 Å². The Balaban J connectivity index is 2.03. The van der Waals surface area contributed by atoms with E-state index in [-0.39, 0.29) is 0 Å². The van der Waals surface area contributed by atoms with Gasteiger partial charge in [0.1, 0.15) is 5.78 Å². The maximum Gasteiger partial charge on any atom is 0.129 e. The van der Waals surface area contributed by atoms with Crippen molar-refractivity contribution in [2.24, 2.45) is 0 Å². The van der Waals surface area contributed by atoms with Gasteiger partial charge in [-0.1, -0.05) is 17.7 Å². The summed E-state index contributed by atoms with van der Waals surface area (Å²) in [5.74, 6) is 0.306. The Bertz CT molecular complexity index is 382. The van der Waals surface area contributed by atoms with Crippen LogP contribution < -0.4 is 4.90 Å². The average Bonchev–Trinajstić information content (AvgIpc) is 2.75. The molecule has 17 heavy (non-hydrogen) atoms. The van der Waals surface area contributed by atoms with Gasteiger partial charge in [0.25, 0.3) is 0 Å². The molecule has 1 aliphatic rings. The Kier molecular flexibility index (Phi) is 3.82. The number of hydrogen-bond donors (Lipinski definition) is 0. The molecular weight excluding hydrogens is 210 g/mol. The van der Waals surface area contributed by atoms with Gasteiger partial charge in [-0.05, 0) is 45.2 Å². The molecule has 92 valence electrons. The quantitative estimate of drug-likeness (QED) is 0.792. The zero-order valence-corrected chi connectivity index (χ0v) is 10.8. The summed E-state index contributed by atoms with van der Waals surface area (Å²) in [6.45, 7) is 4.93. The summed E-state index contributed by atoms with van der Waals surface area (Å²) in [5.41, 5.74) is 2.61. The summed E-state index contributed by atoms with van der Waals surface area (Å²) in [6, 6.07) is 9.27. The minimum atomic E-state index is 0.306. The molecule has 1 unspecified atom stereocenters. The number of ketones is 1. The van der Waals surface area contributed by atoms with Crippen LogP contribution in [0.4, 0.5) is 5.69 Å². The van der Waals surface area contributed by atoms with Crippen LogP contribution in [0.1, 0.15) is 38.2 Å². The van der Waals surface area contributed by atoms with E-state index in [1.165, 1.54) is 24.1 Å². The zero-order valence-electron chi connectivity index (χ0n) is 10.8. The molecule has 2 heteroatoms. The highest BCUT2D eigenvalue weighted by molar-refractivity contribution is 5.75. The molecule has 1 saturated heterocycles. The molecule has 1 atom stereocenters. The summed E-state index contributed by atoms with van der Waals surface area (Å²) < 4.78 is 0. The first-order valence-electron chi connectivity index (χ1n) is 6.49. The second kappa shape index (κ2) is 5.35. The lowest BCUT2D eigenvalue weighted by atomic mass is 10.1. The van der Waals surface area contributed by atoms with Gasteiger partial charge < -0.3 is 9.69 Å². The van der Waals surface area contributed by atoms with Crippen LogP contribution >= 0.6 is 0 Å². The number of benzene rings is 1. The van der Waals surface area contributed by atoms with Crippen molar-refractivity contribution in [2.45, 2.75) is 45.6 Å². The molecule has 0 amide bonds. The standard InChI is InChI=1S/C15H21NO/c1-12-5-8-15(9-6-12)16-11-3-4-14(16)10-7-13(2)17/h5-6,8-9,14H,3-4,7,10-11H2,1-2H3. The van der Waals surface area contributed by atoms with Crippen LogP contribution in [0.3, 0.4) is 0 Å². The van der Waals surface area contributed by atoms with Crippen LogP contribution in [0.15, 0.2) is 24.3 Å². The summed E-state index contributed by atoms with van der Waals surface area (Å²) in [5, 5.41) is 0. The van der Waals surface area contributed by atoms with E-state index < -0.39 is 0 Å². The van der Waals surface area contributed by atoms with Gasteiger partial charge in [0.05, 0.1) is 0 Å². The largest absolute Gasteiger partial charge is 0.369 e. The fourth-order valence-corrected chi connectivity index (χ4v) is 2.58. The van der Waals surface area contributed by atoms with E-state index in [9.17, 15) is 4.79 Å². The van der Waals surface area contributed by atoms with Crippen LogP contribution in [0, 0.1) is 6.92 Å². The predicted octanol–water partition coefficient (Wildman–Crippen LogP) is 3.33. The van der Waals surface area contributed by atoms with Crippen molar-refractivity contribution >= 4 is 11.5 Å². The van der Waals surface area contributed by atoms with Crippen molar-refractivity contribution in [1.29, 1.82) is 0 Å². The lowest BCUT2D eigenvalue weighted by Crippen LogP contribution is -2.29. The Morgan fingerprint density at radius 2 is 2.06 bits per heavy atom. The second-order valence-corrected chi connectivity index (χ2v) is 5.07. The Morgan fingerprint density at radius 3 is 2.71 bits per heavy atom. The SMILES string of the molecule is CC(=O)CCC1CCCN1c1ccc(C)cc1. The number of hydrogen-bond acceptors (Lipinski definition) is 2. The molecule has 2 nitrogen and oxygen atoms in total. The van der Waals surface area contributed by atoms with Gasteiger partial charge in [0, 0.05) is 24.7 Å². The Morgan fingerprint density at radius 1 is 1.35 bits per heavy atom. The third-order valence-electron chi connectivity index (χ3n) is 3.57. The van der Waals surface area contributed by atoms with Crippen LogP contribution in [-0.4, -0.2) is 18.4 Å². The van der Waals surface area contributed by atoms with Gasteiger partial charge in [0.2, 0.25) is 0 Å². The number of carbonyl (C=O) groups is 1. The number of anilines is 1. The molecule has 0 radical (unpaired) electrons. The van der Waals surface area contributed by atoms with Crippen LogP contribution in [0.25, 0.3) is 0 Å². The maximum absolute atomic E-state index is 11.1. The Labute approximate surface area is 104 Å². The van der Waals surface area contributed by atoms with E-state index in [2.05, 4.69) is 36.1 Å². The summed E-state index contributed by atoms with van der Waals surface area (Å²) in [7, 11) is 0. The van der Waals surface area contributed by atoms with E-state index in [4.69, 9.17) is 0 Å². The van der Waals surface area contributed by atoms with Gasteiger partial charge in [-0.2, -0.15) is 0 Å². The number of Topliss-reactive ketones (excluding diaryl/α,β-unsaturated/α-hetero) is 1. The normalized spacial score (nSPS) is 19.6. The van der Waals surface area contributed by atoms with Crippen LogP contribution in [-0.2, 0) is 4.79 Å². The molecule has 0 N–H and O–H groups in total. The van der Waals surface area contributed by atoms with E-state index in [0.717, 1.165) is 13.0 Å². The molecule has 0 spiro atoms. The number of nitrogens with zero attached hydrogens (tertiary/aromatic N) is 1. The number of rotatable bonds is 4. The summed E-state index contributed by atoms with van der Waals surface area (Å²) >= 11 is 0. The fourth-order valence-electron chi connectivity index (χ4n) is 2.58. The predicted molar refractivity (Wildman–Crippen MR) is 71.5 cm³/mol. The maximum atomic E-state index is 11.1. The van der Waals surface area contributed by atoms with Crippen molar-refractivity contribution in [3.05, 3.63) is 29.8 Å². The van der Waals surface area contributed by atoms with Crippen molar-refractivity contribution in [2.75, 3.05) is 11.4 Å². The van der Waals surface area contributed by atoms with Crippen LogP contribution in [0.5, 0.6) is 0 Å². The first-order valence-corrected chi connectivity index (χ1v) is 6.49. The lowest BCUT2D eigenvalue weighted by molar-refractivity contribution is -0.117. The summed E-state index contributed by atoms with van der Waals surface area (Å²) in [4.78, 5) is 13.5. The monoisotopic (exact) mass is 231 g/mol. The van der Waals surface area contributed by atoms with Crippen LogP contribution in [0.2, 0.25) is 0 Å². The first kappa shape index (κ1) is 12.2. The van der Waals surface area contributed by atoms with Crippen molar-refractivity contribution in [3.63, 3.8) is 0 Å². The summed E-state index contributed by atoms with van der Waals surface area (Å²) in [6.07, 6.45) is 4.19. The van der Waals surface area contributed by atoms with Crippen molar-refractivity contribution in [1.82, 2.24) is 0 Å². The third-order valence-corrected chi connectivity index (χ3v) is 3.57. The fraction of sp³-hybridized carbons (Fsp3) is 0.533. The van der Waals surface area contributed by atoms with E-state index >= 15 is 0 Å². The van der Waals surface area contributed by atoms with Crippen molar-refractivity contribution < 1.29 is 4.79 Å². The molecule has 0 aliphatic carbocycles. The lowest BCUT2D eigenvalue weighted by Gasteiger charge is -2.26. The highest BCUT2D eigenvalue weighted by atomic mass is 16.1. The van der Waals surface area contributed by atoms with Gasteiger partial charge in [-0.3, -0.25) is 0 Å². The number of carbonyl (C=O) groups excluding carboxylic acids is 1. The highest BCUT2D eigenvalue weighted by Crippen LogP contribution is 2.28. The molecule has 2 rings (SSSR count). The third kappa shape index (κ3) is 3.09. The van der Waals surface area contributed by atoms with E-state index in [1.54, 1.807) is 6.92 Å². The highest BCUT2D eigenvalue weighted by Gasteiger charge is 2.24. The smallest absolute Gasteiger partial charge is 0.129 e.